The zero-order valence-corrected chi connectivity index (χ0v) is 13.5. The first-order valence-corrected chi connectivity index (χ1v) is 7.62. The Bertz CT molecular complexity index is 749. The summed E-state index contributed by atoms with van der Waals surface area (Å²) in [5, 5.41) is 16.4. The van der Waals surface area contributed by atoms with E-state index in [-0.39, 0.29) is 12.0 Å². The lowest BCUT2D eigenvalue weighted by atomic mass is 10.0. The van der Waals surface area contributed by atoms with Crippen molar-refractivity contribution < 1.29 is 9.26 Å². The predicted octanol–water partition coefficient (Wildman–Crippen LogP) is 2.45. The van der Waals surface area contributed by atoms with Crippen LogP contribution in [-0.4, -0.2) is 28.3 Å². The van der Waals surface area contributed by atoms with Gasteiger partial charge >= 0.3 is 0 Å². The quantitative estimate of drug-likeness (QED) is 0.925. The second-order valence-electron chi connectivity index (χ2n) is 5.82. The third-order valence-electron chi connectivity index (χ3n) is 3.99. The largest absolute Gasteiger partial charge is 0.369 e. The maximum absolute atomic E-state index is 9.33. The lowest BCUT2D eigenvalue weighted by Crippen LogP contribution is -2.19. The Balaban J connectivity index is 1.74. The minimum atomic E-state index is -0.208. The van der Waals surface area contributed by atoms with Crippen molar-refractivity contribution in [2.24, 2.45) is 5.92 Å². The molecule has 1 N–H and O–H groups in total. The van der Waals surface area contributed by atoms with Crippen LogP contribution >= 0.6 is 0 Å². The zero-order chi connectivity index (χ0) is 16.4. The summed E-state index contributed by atoms with van der Waals surface area (Å²) in [6.45, 7) is 6.91. The summed E-state index contributed by atoms with van der Waals surface area (Å²) in [5.41, 5.74) is 2.39. The molecular formula is C16H19N5O2. The molecule has 23 heavy (non-hydrogen) atoms. The fraction of sp³-hybridized carbons (Fsp3) is 0.500. The van der Waals surface area contributed by atoms with E-state index in [2.05, 4.69) is 26.5 Å². The Hall–Kier alpha value is -2.46. The average Bonchev–Trinajstić information content (AvgIpc) is 3.13. The second kappa shape index (κ2) is 6.34. The van der Waals surface area contributed by atoms with Gasteiger partial charge in [0, 0.05) is 24.8 Å². The molecule has 2 atom stereocenters. The minimum Gasteiger partial charge on any atom is -0.369 e. The SMILES string of the molecule is Cc1cc(C)c(C#N)c(NC[C@@H]2CCO[C@@H]2c2nc(C)no2)n1. The summed E-state index contributed by atoms with van der Waals surface area (Å²) in [5.74, 6) is 1.94. The van der Waals surface area contributed by atoms with Crippen molar-refractivity contribution in [3.8, 4) is 6.07 Å². The molecule has 2 aromatic rings. The molecule has 0 amide bonds. The molecule has 1 aliphatic heterocycles. The van der Waals surface area contributed by atoms with Crippen LogP contribution in [0.1, 0.15) is 41.1 Å². The van der Waals surface area contributed by atoms with E-state index in [0.29, 0.717) is 36.2 Å². The Morgan fingerprint density at radius 3 is 2.87 bits per heavy atom. The molecule has 0 radical (unpaired) electrons. The summed E-state index contributed by atoms with van der Waals surface area (Å²) < 4.78 is 11.0. The van der Waals surface area contributed by atoms with Crippen LogP contribution < -0.4 is 5.32 Å². The summed E-state index contributed by atoms with van der Waals surface area (Å²) >= 11 is 0. The highest BCUT2D eigenvalue weighted by Crippen LogP contribution is 2.34. The van der Waals surface area contributed by atoms with Crippen molar-refractivity contribution in [3.63, 3.8) is 0 Å². The zero-order valence-electron chi connectivity index (χ0n) is 13.5. The van der Waals surface area contributed by atoms with E-state index in [1.165, 1.54) is 0 Å². The molecule has 0 spiro atoms. The minimum absolute atomic E-state index is 0.198. The van der Waals surface area contributed by atoms with Gasteiger partial charge in [0.15, 0.2) is 5.82 Å². The molecular weight excluding hydrogens is 294 g/mol. The molecule has 7 heteroatoms. The number of hydrogen-bond donors (Lipinski definition) is 1. The third kappa shape index (κ3) is 3.17. The first-order chi connectivity index (χ1) is 11.1. The predicted molar refractivity (Wildman–Crippen MR) is 82.8 cm³/mol. The van der Waals surface area contributed by atoms with Gasteiger partial charge < -0.3 is 14.6 Å². The molecule has 0 saturated carbocycles. The smallest absolute Gasteiger partial charge is 0.256 e. The molecule has 0 bridgehead atoms. The maximum atomic E-state index is 9.33. The fourth-order valence-electron chi connectivity index (χ4n) is 2.88. The number of nitriles is 1. The average molecular weight is 313 g/mol. The van der Waals surface area contributed by atoms with E-state index < -0.39 is 0 Å². The number of rotatable bonds is 4. The third-order valence-corrected chi connectivity index (χ3v) is 3.99. The molecule has 0 aromatic carbocycles. The number of nitrogens with zero attached hydrogens (tertiary/aromatic N) is 4. The molecule has 2 aromatic heterocycles. The maximum Gasteiger partial charge on any atom is 0.256 e. The van der Waals surface area contributed by atoms with E-state index in [9.17, 15) is 5.26 Å². The van der Waals surface area contributed by atoms with E-state index in [1.54, 1.807) is 6.92 Å². The molecule has 1 aliphatic rings. The number of ether oxygens (including phenoxy) is 1. The Morgan fingerprint density at radius 2 is 2.17 bits per heavy atom. The van der Waals surface area contributed by atoms with Crippen molar-refractivity contribution in [2.45, 2.75) is 33.3 Å². The number of hydrogen-bond acceptors (Lipinski definition) is 7. The molecule has 0 aliphatic carbocycles. The normalized spacial score (nSPS) is 20.4. The Morgan fingerprint density at radius 1 is 1.35 bits per heavy atom. The topological polar surface area (TPSA) is 96.9 Å². The Kier molecular flexibility index (Phi) is 4.26. The lowest BCUT2D eigenvalue weighted by Gasteiger charge is -2.17. The summed E-state index contributed by atoms with van der Waals surface area (Å²) in [4.78, 5) is 8.70. The van der Waals surface area contributed by atoms with Crippen LogP contribution in [0.3, 0.4) is 0 Å². The second-order valence-corrected chi connectivity index (χ2v) is 5.82. The summed E-state index contributed by atoms with van der Waals surface area (Å²) in [6, 6.07) is 4.12. The monoisotopic (exact) mass is 313 g/mol. The molecule has 3 rings (SSSR count). The highest BCUT2D eigenvalue weighted by atomic mass is 16.5. The molecule has 1 saturated heterocycles. The van der Waals surface area contributed by atoms with Crippen molar-refractivity contribution in [1.29, 1.82) is 5.26 Å². The van der Waals surface area contributed by atoms with Crippen LogP contribution in [0.2, 0.25) is 0 Å². The molecule has 1 fully saturated rings. The van der Waals surface area contributed by atoms with Gasteiger partial charge in [0.05, 0.1) is 5.56 Å². The van der Waals surface area contributed by atoms with Gasteiger partial charge in [-0.15, -0.1) is 0 Å². The van der Waals surface area contributed by atoms with E-state index >= 15 is 0 Å². The molecule has 7 nitrogen and oxygen atoms in total. The van der Waals surface area contributed by atoms with Gasteiger partial charge in [-0.1, -0.05) is 5.16 Å². The van der Waals surface area contributed by atoms with E-state index in [1.807, 2.05) is 19.9 Å². The van der Waals surface area contributed by atoms with Crippen molar-refractivity contribution in [2.75, 3.05) is 18.5 Å². The van der Waals surface area contributed by atoms with Crippen LogP contribution in [0.5, 0.6) is 0 Å². The van der Waals surface area contributed by atoms with Crippen LogP contribution in [0.15, 0.2) is 10.6 Å². The lowest BCUT2D eigenvalue weighted by molar-refractivity contribution is 0.0650. The molecule has 0 unspecified atom stereocenters. The van der Waals surface area contributed by atoms with Gasteiger partial charge in [-0.25, -0.2) is 4.98 Å². The summed E-state index contributed by atoms with van der Waals surface area (Å²) in [7, 11) is 0. The number of aryl methyl sites for hydroxylation is 3. The van der Waals surface area contributed by atoms with Crippen LogP contribution in [0.25, 0.3) is 0 Å². The van der Waals surface area contributed by atoms with Crippen molar-refractivity contribution in [1.82, 2.24) is 15.1 Å². The number of anilines is 1. The first-order valence-electron chi connectivity index (χ1n) is 7.62. The van der Waals surface area contributed by atoms with Crippen molar-refractivity contribution in [3.05, 3.63) is 34.6 Å². The fourth-order valence-corrected chi connectivity index (χ4v) is 2.88. The van der Waals surface area contributed by atoms with Crippen LogP contribution in [-0.2, 0) is 4.74 Å². The van der Waals surface area contributed by atoms with Gasteiger partial charge in [0.1, 0.15) is 18.0 Å². The number of aromatic nitrogens is 3. The van der Waals surface area contributed by atoms with Gasteiger partial charge in [-0.05, 0) is 38.8 Å². The molecule has 3 heterocycles. The standard InChI is InChI=1S/C16H19N5O2/c1-9-6-10(2)19-15(13(9)7-17)18-8-12-4-5-22-14(12)16-20-11(3)21-23-16/h6,12,14H,4-5,8H2,1-3H3,(H,18,19)/t12-,14-/m0/s1. The highest BCUT2D eigenvalue weighted by molar-refractivity contribution is 5.56. The van der Waals surface area contributed by atoms with E-state index in [4.69, 9.17) is 9.26 Å². The van der Waals surface area contributed by atoms with Gasteiger partial charge in [-0.2, -0.15) is 10.2 Å². The number of nitrogens with one attached hydrogen (secondary N) is 1. The molecule has 120 valence electrons. The summed E-state index contributed by atoms with van der Waals surface area (Å²) in [6.07, 6.45) is 0.686. The van der Waals surface area contributed by atoms with Crippen LogP contribution in [0.4, 0.5) is 5.82 Å². The van der Waals surface area contributed by atoms with Gasteiger partial charge in [-0.3, -0.25) is 0 Å². The highest BCUT2D eigenvalue weighted by Gasteiger charge is 2.34. The van der Waals surface area contributed by atoms with E-state index in [0.717, 1.165) is 17.7 Å². The van der Waals surface area contributed by atoms with Crippen molar-refractivity contribution >= 4 is 5.82 Å². The van der Waals surface area contributed by atoms with Gasteiger partial charge in [0.25, 0.3) is 5.89 Å². The van der Waals surface area contributed by atoms with Gasteiger partial charge in [0.2, 0.25) is 0 Å². The van der Waals surface area contributed by atoms with Crippen LogP contribution in [0, 0.1) is 38.0 Å². The first kappa shape index (κ1) is 15.4. The Labute approximate surface area is 134 Å². The number of pyridine rings is 1.